The van der Waals surface area contributed by atoms with Crippen molar-refractivity contribution in [2.24, 2.45) is 0 Å². The molecule has 1 amide bonds. The molecule has 0 saturated heterocycles. The van der Waals surface area contributed by atoms with Gasteiger partial charge in [-0.2, -0.15) is 0 Å². The van der Waals surface area contributed by atoms with Crippen LogP contribution in [0.15, 0.2) is 69.6 Å². The van der Waals surface area contributed by atoms with Crippen LogP contribution in [0.3, 0.4) is 0 Å². The van der Waals surface area contributed by atoms with Crippen LogP contribution in [-0.2, 0) is 11.3 Å². The van der Waals surface area contributed by atoms with E-state index in [1.165, 1.54) is 21.7 Å². The van der Waals surface area contributed by atoms with Gasteiger partial charge in [-0.1, -0.05) is 53.2 Å². The molecule has 2 heterocycles. The van der Waals surface area contributed by atoms with E-state index in [4.69, 9.17) is 11.6 Å². The SMILES string of the molecule is Cc1ccc(Sc2nccn3c(=O)n(CC(=O)Nc4ccccc4Cl)nc23)c(C)c1. The van der Waals surface area contributed by atoms with Crippen LogP contribution in [0.2, 0.25) is 5.02 Å². The van der Waals surface area contributed by atoms with Gasteiger partial charge in [0.2, 0.25) is 5.91 Å². The zero-order chi connectivity index (χ0) is 21.3. The van der Waals surface area contributed by atoms with Crippen LogP contribution in [0.4, 0.5) is 5.69 Å². The van der Waals surface area contributed by atoms with E-state index in [1.54, 1.807) is 36.7 Å². The maximum absolute atomic E-state index is 12.7. The highest BCUT2D eigenvalue weighted by Crippen LogP contribution is 2.31. The molecular formula is C21H18ClN5O2S. The molecule has 0 radical (unpaired) electrons. The predicted molar refractivity (Wildman–Crippen MR) is 117 cm³/mol. The number of anilines is 1. The second kappa shape index (κ2) is 8.33. The van der Waals surface area contributed by atoms with Gasteiger partial charge in [-0.15, -0.1) is 5.10 Å². The number of hydrogen-bond donors (Lipinski definition) is 1. The minimum atomic E-state index is -0.413. The molecule has 0 aliphatic rings. The Bertz CT molecular complexity index is 1310. The molecule has 0 unspecified atom stereocenters. The number of amides is 1. The third kappa shape index (κ3) is 4.10. The van der Waals surface area contributed by atoms with Crippen molar-refractivity contribution in [1.29, 1.82) is 0 Å². The summed E-state index contributed by atoms with van der Waals surface area (Å²) >= 11 is 7.51. The summed E-state index contributed by atoms with van der Waals surface area (Å²) in [6.07, 6.45) is 3.09. The van der Waals surface area contributed by atoms with Crippen LogP contribution in [0, 0.1) is 13.8 Å². The third-order valence-corrected chi connectivity index (χ3v) is 5.94. The van der Waals surface area contributed by atoms with Gasteiger partial charge in [0.25, 0.3) is 0 Å². The van der Waals surface area contributed by atoms with E-state index in [1.807, 2.05) is 26.0 Å². The molecule has 0 atom stereocenters. The number of nitrogens with one attached hydrogen (secondary N) is 1. The summed E-state index contributed by atoms with van der Waals surface area (Å²) < 4.78 is 2.51. The number of aromatic nitrogens is 4. The van der Waals surface area contributed by atoms with Crippen molar-refractivity contribution in [2.75, 3.05) is 5.32 Å². The first-order valence-electron chi connectivity index (χ1n) is 9.16. The highest BCUT2D eigenvalue weighted by molar-refractivity contribution is 7.99. The zero-order valence-corrected chi connectivity index (χ0v) is 17.9. The molecule has 2 aromatic carbocycles. The summed E-state index contributed by atoms with van der Waals surface area (Å²) in [5.41, 5.74) is 2.76. The number of hydrogen-bond acceptors (Lipinski definition) is 5. The molecule has 0 fully saturated rings. The van der Waals surface area contributed by atoms with Gasteiger partial charge >= 0.3 is 5.69 Å². The van der Waals surface area contributed by atoms with Crippen LogP contribution in [0.25, 0.3) is 5.65 Å². The van der Waals surface area contributed by atoms with Crippen molar-refractivity contribution in [2.45, 2.75) is 30.3 Å². The molecule has 152 valence electrons. The summed E-state index contributed by atoms with van der Waals surface area (Å²) in [5, 5.41) is 8.06. The van der Waals surface area contributed by atoms with E-state index >= 15 is 0 Å². The molecule has 9 heteroatoms. The Labute approximate surface area is 181 Å². The number of fused-ring (bicyclic) bond motifs is 1. The van der Waals surface area contributed by atoms with Crippen LogP contribution >= 0.6 is 23.4 Å². The fourth-order valence-corrected chi connectivity index (χ4v) is 4.10. The predicted octanol–water partition coefficient (Wildman–Crippen LogP) is 3.95. The molecule has 30 heavy (non-hydrogen) atoms. The monoisotopic (exact) mass is 439 g/mol. The summed E-state index contributed by atoms with van der Waals surface area (Å²) in [6.45, 7) is 3.83. The molecule has 4 rings (SSSR count). The fraction of sp³-hybridized carbons (Fsp3) is 0.143. The van der Waals surface area contributed by atoms with Crippen molar-refractivity contribution in [1.82, 2.24) is 19.2 Å². The number of halogens is 1. The topological polar surface area (TPSA) is 81.3 Å². The Morgan fingerprint density at radius 3 is 2.77 bits per heavy atom. The molecule has 0 aliphatic heterocycles. The van der Waals surface area contributed by atoms with Crippen molar-refractivity contribution >= 4 is 40.6 Å². The average Bonchev–Trinajstić information content (AvgIpc) is 3.02. The van der Waals surface area contributed by atoms with Crippen LogP contribution in [0.1, 0.15) is 11.1 Å². The first-order valence-corrected chi connectivity index (χ1v) is 10.4. The Balaban J connectivity index is 1.62. The Kier molecular flexibility index (Phi) is 5.61. The minimum absolute atomic E-state index is 0.237. The van der Waals surface area contributed by atoms with Crippen LogP contribution in [-0.4, -0.2) is 25.1 Å². The molecule has 2 aromatic heterocycles. The van der Waals surface area contributed by atoms with Gasteiger partial charge in [0, 0.05) is 17.3 Å². The summed E-state index contributed by atoms with van der Waals surface area (Å²) in [5.74, 6) is -0.398. The molecule has 4 aromatic rings. The normalized spacial score (nSPS) is 11.0. The second-order valence-electron chi connectivity index (χ2n) is 6.77. The van der Waals surface area contributed by atoms with E-state index in [2.05, 4.69) is 21.5 Å². The van der Waals surface area contributed by atoms with Crippen LogP contribution < -0.4 is 11.0 Å². The molecule has 0 saturated carbocycles. The number of aryl methyl sites for hydroxylation is 2. The second-order valence-corrected chi connectivity index (χ2v) is 8.20. The zero-order valence-electron chi connectivity index (χ0n) is 16.3. The highest BCUT2D eigenvalue weighted by atomic mass is 35.5. The first kappa shape index (κ1) is 20.2. The summed E-state index contributed by atoms with van der Waals surface area (Å²) in [7, 11) is 0. The van der Waals surface area contributed by atoms with Crippen LogP contribution in [0.5, 0.6) is 0 Å². The summed E-state index contributed by atoms with van der Waals surface area (Å²) in [6, 6.07) is 13.0. The number of benzene rings is 2. The minimum Gasteiger partial charge on any atom is -0.323 e. The van der Waals surface area contributed by atoms with Gasteiger partial charge in [0.1, 0.15) is 11.6 Å². The average molecular weight is 440 g/mol. The molecule has 0 bridgehead atoms. The van der Waals surface area contributed by atoms with Gasteiger partial charge in [-0.05, 0) is 37.6 Å². The van der Waals surface area contributed by atoms with E-state index < -0.39 is 11.6 Å². The van der Waals surface area contributed by atoms with Gasteiger partial charge in [0.05, 0.1) is 10.7 Å². The maximum Gasteiger partial charge on any atom is 0.350 e. The first-order chi connectivity index (χ1) is 14.4. The van der Waals surface area contributed by atoms with E-state index in [0.717, 1.165) is 15.1 Å². The third-order valence-electron chi connectivity index (χ3n) is 4.45. The van der Waals surface area contributed by atoms with Crippen molar-refractivity contribution in [3.8, 4) is 0 Å². The van der Waals surface area contributed by atoms with Crippen molar-refractivity contribution in [3.05, 3.63) is 81.5 Å². The number of carbonyl (C=O) groups is 1. The van der Waals surface area contributed by atoms with Crippen molar-refractivity contribution < 1.29 is 4.79 Å². The molecule has 0 spiro atoms. The lowest BCUT2D eigenvalue weighted by Crippen LogP contribution is -2.28. The Morgan fingerprint density at radius 1 is 1.20 bits per heavy atom. The lowest BCUT2D eigenvalue weighted by molar-refractivity contribution is -0.117. The van der Waals surface area contributed by atoms with Gasteiger partial charge in [0.15, 0.2) is 5.65 Å². The number of rotatable bonds is 5. The molecule has 7 nitrogen and oxygen atoms in total. The molecule has 0 aliphatic carbocycles. The smallest absolute Gasteiger partial charge is 0.323 e. The van der Waals surface area contributed by atoms with E-state index in [9.17, 15) is 9.59 Å². The van der Waals surface area contributed by atoms with Gasteiger partial charge < -0.3 is 5.32 Å². The maximum atomic E-state index is 12.7. The Morgan fingerprint density at radius 2 is 2.00 bits per heavy atom. The van der Waals surface area contributed by atoms with E-state index in [0.29, 0.717) is 21.4 Å². The van der Waals surface area contributed by atoms with Crippen molar-refractivity contribution in [3.63, 3.8) is 0 Å². The highest BCUT2D eigenvalue weighted by Gasteiger charge is 2.16. The number of nitrogens with zero attached hydrogens (tertiary/aromatic N) is 4. The van der Waals surface area contributed by atoms with Gasteiger partial charge in [-0.3, -0.25) is 4.79 Å². The quantitative estimate of drug-likeness (QED) is 0.509. The Hall–Kier alpha value is -3.10. The lowest BCUT2D eigenvalue weighted by atomic mass is 10.2. The fourth-order valence-electron chi connectivity index (χ4n) is 3.01. The number of para-hydroxylation sites is 1. The lowest BCUT2D eigenvalue weighted by Gasteiger charge is -2.06. The summed E-state index contributed by atoms with van der Waals surface area (Å²) in [4.78, 5) is 30.6. The molecular weight excluding hydrogens is 422 g/mol. The van der Waals surface area contributed by atoms with E-state index in [-0.39, 0.29) is 6.54 Å². The number of carbonyl (C=O) groups excluding carboxylic acids is 1. The van der Waals surface area contributed by atoms with Gasteiger partial charge in [-0.25, -0.2) is 18.9 Å². The largest absolute Gasteiger partial charge is 0.350 e. The molecule has 1 N–H and O–H groups in total. The standard InChI is InChI=1S/C21H18ClN5O2S/c1-13-7-8-17(14(2)11-13)30-20-19-25-27(21(29)26(19)10-9-23-20)12-18(28)24-16-6-4-3-5-15(16)22/h3-11H,12H2,1-2H3,(H,24,28).